The Morgan fingerprint density at radius 2 is 0.509 bits per heavy atom. The van der Waals surface area contributed by atoms with Gasteiger partial charge < -0.3 is 18.3 Å². The molecule has 492 valence electrons. The van der Waals surface area contributed by atoms with Crippen molar-refractivity contribution in [2.45, 2.75) is 10.8 Å². The van der Waals surface area contributed by atoms with Crippen LogP contribution in [0, 0.1) is 0 Å². The van der Waals surface area contributed by atoms with E-state index in [1.807, 2.05) is 0 Å². The van der Waals surface area contributed by atoms with Crippen LogP contribution in [-0.4, -0.2) is 18.3 Å². The molecule has 0 saturated heterocycles. The van der Waals surface area contributed by atoms with Crippen molar-refractivity contribution < 1.29 is 0 Å². The molecule has 24 rings (SSSR count). The second kappa shape index (κ2) is 22.4. The zero-order chi connectivity index (χ0) is 69.3. The Balaban J connectivity index is 0.000000129. The van der Waals surface area contributed by atoms with E-state index in [4.69, 9.17) is 0 Å². The highest BCUT2D eigenvalue weighted by Gasteiger charge is 2.53. The lowest BCUT2D eigenvalue weighted by atomic mass is 9.70. The van der Waals surface area contributed by atoms with Crippen LogP contribution in [-0.2, 0) is 10.8 Å². The molecule has 0 unspecified atom stereocenters. The lowest BCUT2D eigenvalue weighted by Crippen LogP contribution is -2.25. The predicted molar refractivity (Wildman–Crippen MR) is 439 cm³/mol. The summed E-state index contributed by atoms with van der Waals surface area (Å²) < 4.78 is 9.60. The number of aromatic nitrogens is 4. The Morgan fingerprint density at radius 1 is 0.179 bits per heavy atom. The molecule has 4 aliphatic carbocycles. The molecule has 4 aromatic heterocycles. The SMILES string of the molecule is c1ccc(-n2c3ccccc3c3ccc4ccn(-c5ccc(-c6ccc7c(c6)C6(c8ccccc8-c8ccccc86)c6ccccc6-7)cc5)c4c32)cc1.c1ccc(-n2c3ccccc3c3ccc4ccn(-c5cccc(-c6ccc7c(c6)C6(c8ccccc8-c8ccccc86)c6ccccc6-7)c5)c4c32)cc1. The first-order valence-corrected chi connectivity index (χ1v) is 36.9. The number of fused-ring (bicyclic) bond motifs is 30. The van der Waals surface area contributed by atoms with Crippen LogP contribution in [0.3, 0.4) is 0 Å². The zero-order valence-corrected chi connectivity index (χ0v) is 57.7. The first-order chi connectivity index (χ1) is 52.6. The van der Waals surface area contributed by atoms with Crippen molar-refractivity contribution in [1.29, 1.82) is 0 Å². The van der Waals surface area contributed by atoms with Gasteiger partial charge in [0, 0.05) is 67.5 Å². The third-order valence-electron chi connectivity index (χ3n) is 23.9. The summed E-state index contributed by atoms with van der Waals surface area (Å²) in [5, 5.41) is 7.49. The number of benzene rings is 16. The molecule has 4 aliphatic rings. The van der Waals surface area contributed by atoms with Crippen molar-refractivity contribution in [3.8, 4) is 89.5 Å². The first-order valence-electron chi connectivity index (χ1n) is 36.9. The molecule has 0 fully saturated rings. The molecule has 0 aliphatic heterocycles. The standard InChI is InChI=1S/2C51H32N2/c1-2-14-36(15-3-1)53-48-24-11-7-20-42(48)43-28-25-33-29-30-52(49(33)50(43)53)37-16-12-13-34(31-37)35-26-27-41-40-19-6-10-23-46(40)51(47(41)32-35)44-21-8-4-17-38(44)39-18-5-9-22-45(39)51;1-2-12-37(13-3-1)53-48-21-11-7-17-42(48)43-29-24-34-30-31-52(49(34)50(43)53)36-26-22-33(23-27-36)35-25-28-41-40-16-6-10-20-46(40)51(47(41)32-35)44-18-8-4-14-38(44)39-15-5-9-19-45(39)51/h2*1-32H. The summed E-state index contributed by atoms with van der Waals surface area (Å²) in [4.78, 5) is 0. The van der Waals surface area contributed by atoms with Gasteiger partial charge in [-0.05, 0) is 196 Å². The monoisotopic (exact) mass is 1340 g/mol. The molecule has 0 radical (unpaired) electrons. The van der Waals surface area contributed by atoms with Gasteiger partial charge in [0.05, 0.1) is 43.9 Å². The summed E-state index contributed by atoms with van der Waals surface area (Å²) in [6.45, 7) is 0. The van der Waals surface area contributed by atoms with E-state index in [0.29, 0.717) is 0 Å². The largest absolute Gasteiger partial charge is 0.315 e. The topological polar surface area (TPSA) is 19.7 Å². The van der Waals surface area contributed by atoms with E-state index in [9.17, 15) is 0 Å². The highest BCUT2D eigenvalue weighted by molar-refractivity contribution is 6.20. The van der Waals surface area contributed by atoms with Crippen LogP contribution in [0.25, 0.3) is 155 Å². The van der Waals surface area contributed by atoms with Crippen LogP contribution < -0.4 is 0 Å². The average molecular weight is 1350 g/mol. The molecule has 106 heavy (non-hydrogen) atoms. The quantitative estimate of drug-likeness (QED) is 0.158. The number of hydrogen-bond donors (Lipinski definition) is 0. The van der Waals surface area contributed by atoms with Gasteiger partial charge in [-0.1, -0.05) is 291 Å². The second-order valence-electron chi connectivity index (χ2n) is 28.9. The van der Waals surface area contributed by atoms with Crippen molar-refractivity contribution in [2.75, 3.05) is 0 Å². The number of rotatable bonds is 6. The fourth-order valence-corrected chi connectivity index (χ4v) is 19.7. The Labute approximate surface area is 613 Å². The van der Waals surface area contributed by atoms with Crippen LogP contribution >= 0.6 is 0 Å². The average Bonchev–Trinajstić information content (AvgIpc) is 1.51. The van der Waals surface area contributed by atoms with Gasteiger partial charge in [-0.25, -0.2) is 0 Å². The Bertz CT molecular complexity index is 6950. The Morgan fingerprint density at radius 3 is 0.934 bits per heavy atom. The molecule has 2 spiro atoms. The van der Waals surface area contributed by atoms with Crippen molar-refractivity contribution in [3.05, 3.63) is 433 Å². The van der Waals surface area contributed by atoms with Gasteiger partial charge in [0.25, 0.3) is 0 Å². The van der Waals surface area contributed by atoms with E-state index in [0.717, 1.165) is 17.1 Å². The van der Waals surface area contributed by atoms with Gasteiger partial charge in [0.2, 0.25) is 0 Å². The summed E-state index contributed by atoms with van der Waals surface area (Å²) in [5.41, 5.74) is 37.7. The molecule has 4 heterocycles. The van der Waals surface area contributed by atoms with Gasteiger partial charge in [-0.15, -0.1) is 0 Å². The first kappa shape index (κ1) is 58.8. The Kier molecular flexibility index (Phi) is 12.4. The van der Waals surface area contributed by atoms with Crippen molar-refractivity contribution in [2.24, 2.45) is 0 Å². The second-order valence-corrected chi connectivity index (χ2v) is 28.9. The van der Waals surface area contributed by atoms with E-state index in [-0.39, 0.29) is 10.8 Å². The Hall–Kier alpha value is -13.8. The van der Waals surface area contributed by atoms with E-state index < -0.39 is 0 Å². The van der Waals surface area contributed by atoms with Gasteiger partial charge in [-0.2, -0.15) is 0 Å². The van der Waals surface area contributed by atoms with E-state index in [1.165, 1.54) is 182 Å². The van der Waals surface area contributed by atoms with Crippen LogP contribution in [0.1, 0.15) is 44.5 Å². The molecule has 4 nitrogen and oxygen atoms in total. The molecule has 0 atom stereocenters. The highest BCUT2D eigenvalue weighted by Crippen LogP contribution is 2.65. The van der Waals surface area contributed by atoms with E-state index in [2.05, 4.69) is 407 Å². The minimum Gasteiger partial charge on any atom is -0.315 e. The van der Waals surface area contributed by atoms with Gasteiger partial charge in [0.1, 0.15) is 0 Å². The highest BCUT2D eigenvalue weighted by atomic mass is 15.0. The fourth-order valence-electron chi connectivity index (χ4n) is 19.7. The molecule has 0 saturated carbocycles. The third kappa shape index (κ3) is 7.96. The van der Waals surface area contributed by atoms with Gasteiger partial charge in [-0.3, -0.25) is 0 Å². The molecule has 4 heteroatoms. The van der Waals surface area contributed by atoms with Crippen LogP contribution in [0.15, 0.2) is 389 Å². The molecular weight excluding hydrogens is 1280 g/mol. The summed E-state index contributed by atoms with van der Waals surface area (Å²) in [7, 11) is 0. The zero-order valence-electron chi connectivity index (χ0n) is 57.7. The number of hydrogen-bond acceptors (Lipinski definition) is 0. The molecule has 0 N–H and O–H groups in total. The summed E-state index contributed by atoms with van der Waals surface area (Å²) in [6.07, 6.45) is 4.45. The fraction of sp³-hybridized carbons (Fsp3) is 0.0196. The van der Waals surface area contributed by atoms with Gasteiger partial charge in [0.15, 0.2) is 0 Å². The lowest BCUT2D eigenvalue weighted by Gasteiger charge is -2.30. The molecule has 20 aromatic rings. The normalized spacial score (nSPS) is 13.4. The minimum absolute atomic E-state index is 0.346. The smallest absolute Gasteiger partial charge is 0.0788 e. The number of para-hydroxylation sites is 4. The van der Waals surface area contributed by atoms with Crippen molar-refractivity contribution in [1.82, 2.24) is 18.3 Å². The molecular formula is C102H64N4. The molecule has 0 bridgehead atoms. The summed E-state index contributed by atoms with van der Waals surface area (Å²) in [6, 6.07) is 139. The maximum atomic E-state index is 2.48. The lowest BCUT2D eigenvalue weighted by molar-refractivity contribution is 0.794. The third-order valence-corrected chi connectivity index (χ3v) is 23.9. The molecule has 0 amide bonds. The van der Waals surface area contributed by atoms with Crippen molar-refractivity contribution >= 4 is 65.4 Å². The van der Waals surface area contributed by atoms with Gasteiger partial charge >= 0.3 is 0 Å². The van der Waals surface area contributed by atoms with Crippen LogP contribution in [0.2, 0.25) is 0 Å². The predicted octanol–water partition coefficient (Wildman–Crippen LogP) is 25.5. The number of nitrogens with zero attached hydrogens (tertiary/aromatic N) is 4. The maximum absolute atomic E-state index is 2.48. The van der Waals surface area contributed by atoms with E-state index >= 15 is 0 Å². The summed E-state index contributed by atoms with van der Waals surface area (Å²) in [5.74, 6) is 0. The van der Waals surface area contributed by atoms with Crippen LogP contribution in [0.5, 0.6) is 0 Å². The maximum Gasteiger partial charge on any atom is 0.0788 e. The van der Waals surface area contributed by atoms with Crippen LogP contribution in [0.4, 0.5) is 0 Å². The van der Waals surface area contributed by atoms with Crippen molar-refractivity contribution in [3.63, 3.8) is 0 Å². The minimum atomic E-state index is -0.361. The van der Waals surface area contributed by atoms with E-state index in [1.54, 1.807) is 0 Å². The molecule has 16 aromatic carbocycles. The summed E-state index contributed by atoms with van der Waals surface area (Å²) >= 11 is 0.